The van der Waals surface area contributed by atoms with Crippen LogP contribution in [-0.4, -0.2) is 92.5 Å². The van der Waals surface area contributed by atoms with Gasteiger partial charge in [-0.05, 0) is 25.7 Å². The second kappa shape index (κ2) is 10.4. The van der Waals surface area contributed by atoms with Gasteiger partial charge in [0.25, 0.3) is 23.6 Å². The summed E-state index contributed by atoms with van der Waals surface area (Å²) in [5.41, 5.74) is 0. The van der Waals surface area contributed by atoms with E-state index in [2.05, 4.69) is 0 Å². The molecule has 0 radical (unpaired) electrons. The lowest BCUT2D eigenvalue weighted by Gasteiger charge is -2.31. The van der Waals surface area contributed by atoms with Crippen molar-refractivity contribution >= 4 is 47.4 Å². The average Bonchev–Trinajstić information content (AvgIpc) is 3.64. The Bertz CT molecular complexity index is 994. The standard InChI is InChI=1S/C22H26N4O10/c27-15(9-10-20(32)35-25-16(28)5-6-17(25)29)23-11-1-3-13(23)21(33)24-12-2-4-14(24)22(34)36-26-18(30)7-8-19(26)31/h13-14H,1-12H2/t13-,14-/m0/s1. The predicted molar refractivity (Wildman–Crippen MR) is 113 cm³/mol. The molecule has 36 heavy (non-hydrogen) atoms. The maximum absolute atomic E-state index is 13.3. The molecule has 4 aliphatic heterocycles. The Morgan fingerprint density at radius 1 is 0.667 bits per heavy atom. The number of hydrogen-bond acceptors (Lipinski definition) is 10. The van der Waals surface area contributed by atoms with E-state index in [4.69, 9.17) is 9.68 Å². The predicted octanol–water partition coefficient (Wildman–Crippen LogP) is -1.04. The first-order chi connectivity index (χ1) is 17.2. The molecular formula is C22H26N4O10. The van der Waals surface area contributed by atoms with E-state index in [-0.39, 0.29) is 51.6 Å². The van der Waals surface area contributed by atoms with Gasteiger partial charge in [-0.15, -0.1) is 10.1 Å². The maximum atomic E-state index is 13.3. The second-order valence-electron chi connectivity index (χ2n) is 8.97. The average molecular weight is 506 g/mol. The molecule has 0 bridgehead atoms. The molecular weight excluding hydrogens is 480 g/mol. The first-order valence-corrected chi connectivity index (χ1v) is 11.9. The third kappa shape index (κ3) is 5.06. The van der Waals surface area contributed by atoms with E-state index in [9.17, 15) is 38.4 Å². The van der Waals surface area contributed by atoms with Gasteiger partial charge in [-0.3, -0.25) is 28.8 Å². The highest BCUT2D eigenvalue weighted by Crippen LogP contribution is 2.27. The number of hydrogen-bond donors (Lipinski definition) is 0. The Hall–Kier alpha value is -3.84. The monoisotopic (exact) mass is 506 g/mol. The van der Waals surface area contributed by atoms with Crippen molar-refractivity contribution in [1.82, 2.24) is 19.9 Å². The second-order valence-corrected chi connectivity index (χ2v) is 8.97. The third-order valence-corrected chi connectivity index (χ3v) is 6.60. The molecule has 6 amide bonds. The molecule has 4 aliphatic rings. The van der Waals surface area contributed by atoms with Crippen LogP contribution in [0.2, 0.25) is 0 Å². The van der Waals surface area contributed by atoms with Gasteiger partial charge < -0.3 is 19.5 Å². The molecule has 0 N–H and O–H groups in total. The molecule has 4 saturated heterocycles. The van der Waals surface area contributed by atoms with Crippen LogP contribution in [0, 0.1) is 0 Å². The highest BCUT2D eigenvalue weighted by molar-refractivity contribution is 6.02. The summed E-state index contributed by atoms with van der Waals surface area (Å²) >= 11 is 0. The molecule has 0 aliphatic carbocycles. The first kappa shape index (κ1) is 25.3. The molecule has 14 nitrogen and oxygen atoms in total. The Morgan fingerprint density at radius 2 is 1.17 bits per heavy atom. The van der Waals surface area contributed by atoms with Crippen LogP contribution in [0.1, 0.15) is 64.2 Å². The zero-order valence-electron chi connectivity index (χ0n) is 19.5. The highest BCUT2D eigenvalue weighted by Gasteiger charge is 2.44. The van der Waals surface area contributed by atoms with Crippen molar-refractivity contribution in [3.05, 3.63) is 0 Å². The maximum Gasteiger partial charge on any atom is 0.355 e. The minimum Gasteiger partial charge on any atom is -0.331 e. The lowest BCUT2D eigenvalue weighted by Crippen LogP contribution is -2.52. The van der Waals surface area contributed by atoms with E-state index in [1.54, 1.807) is 0 Å². The van der Waals surface area contributed by atoms with Crippen molar-refractivity contribution in [3.8, 4) is 0 Å². The van der Waals surface area contributed by atoms with Crippen LogP contribution in [0.15, 0.2) is 0 Å². The normalized spacial score (nSPS) is 24.2. The lowest BCUT2D eigenvalue weighted by atomic mass is 10.1. The molecule has 0 saturated carbocycles. The number of amides is 6. The third-order valence-electron chi connectivity index (χ3n) is 6.60. The van der Waals surface area contributed by atoms with Crippen LogP contribution < -0.4 is 0 Å². The largest absolute Gasteiger partial charge is 0.355 e. The minimum atomic E-state index is -0.984. The van der Waals surface area contributed by atoms with Crippen LogP contribution in [0.3, 0.4) is 0 Å². The molecule has 0 unspecified atom stereocenters. The zero-order chi connectivity index (χ0) is 26.0. The van der Waals surface area contributed by atoms with Crippen LogP contribution in [0.5, 0.6) is 0 Å². The number of nitrogens with zero attached hydrogens (tertiary/aromatic N) is 4. The van der Waals surface area contributed by atoms with Crippen molar-refractivity contribution in [1.29, 1.82) is 0 Å². The Morgan fingerprint density at radius 3 is 1.75 bits per heavy atom. The van der Waals surface area contributed by atoms with Gasteiger partial charge in [0.1, 0.15) is 12.1 Å². The highest BCUT2D eigenvalue weighted by atomic mass is 16.7. The minimum absolute atomic E-state index is 0.0434. The van der Waals surface area contributed by atoms with Gasteiger partial charge >= 0.3 is 11.9 Å². The summed E-state index contributed by atoms with van der Waals surface area (Å²) < 4.78 is 0. The van der Waals surface area contributed by atoms with Crippen LogP contribution in [-0.2, 0) is 48.0 Å². The molecule has 0 aromatic rings. The summed E-state index contributed by atoms with van der Waals surface area (Å²) in [6.07, 6.45) is 0.864. The fourth-order valence-corrected chi connectivity index (χ4v) is 4.76. The molecule has 4 heterocycles. The van der Waals surface area contributed by atoms with E-state index in [1.165, 1.54) is 9.80 Å². The smallest absolute Gasteiger partial charge is 0.331 e. The number of likely N-dealkylation sites (tertiary alicyclic amines) is 2. The Balaban J connectivity index is 1.32. The summed E-state index contributed by atoms with van der Waals surface area (Å²) in [6, 6.07) is -1.82. The van der Waals surface area contributed by atoms with Gasteiger partial charge in [-0.1, -0.05) is 0 Å². The van der Waals surface area contributed by atoms with Gasteiger partial charge in [0.05, 0.1) is 6.42 Å². The molecule has 194 valence electrons. The van der Waals surface area contributed by atoms with Crippen molar-refractivity contribution in [2.24, 2.45) is 0 Å². The van der Waals surface area contributed by atoms with Gasteiger partial charge in [-0.25, -0.2) is 9.59 Å². The van der Waals surface area contributed by atoms with E-state index >= 15 is 0 Å². The van der Waals surface area contributed by atoms with Crippen LogP contribution in [0.4, 0.5) is 0 Å². The van der Waals surface area contributed by atoms with Crippen molar-refractivity contribution in [2.75, 3.05) is 13.1 Å². The summed E-state index contributed by atoms with van der Waals surface area (Å²) in [5.74, 6) is -5.20. The number of carbonyl (C=O) groups excluding carboxylic acids is 8. The van der Waals surface area contributed by atoms with Crippen LogP contribution >= 0.6 is 0 Å². The number of imide groups is 2. The van der Waals surface area contributed by atoms with E-state index in [0.29, 0.717) is 35.8 Å². The first-order valence-electron chi connectivity index (χ1n) is 11.9. The van der Waals surface area contributed by atoms with Crippen molar-refractivity contribution in [2.45, 2.75) is 76.3 Å². The fraction of sp³-hybridized carbons (Fsp3) is 0.636. The Kier molecular flexibility index (Phi) is 7.31. The molecule has 4 rings (SSSR count). The quantitative estimate of drug-likeness (QED) is 0.389. The van der Waals surface area contributed by atoms with Gasteiger partial charge in [0, 0.05) is 45.2 Å². The SMILES string of the molecule is O=C(CCC(=O)N1CCC[C@H]1C(=O)N1CCC[C@H]1C(=O)ON1C(=O)CCC1=O)ON1C(=O)CCC1=O. The molecule has 4 fully saturated rings. The number of hydroxylamine groups is 4. The molecule has 2 atom stereocenters. The molecule has 14 heteroatoms. The Labute approximate surface area is 205 Å². The number of carbonyl (C=O) groups is 8. The van der Waals surface area contributed by atoms with Gasteiger partial charge in [0.2, 0.25) is 11.8 Å². The molecule has 0 aromatic carbocycles. The van der Waals surface area contributed by atoms with Crippen molar-refractivity contribution in [3.63, 3.8) is 0 Å². The van der Waals surface area contributed by atoms with Crippen molar-refractivity contribution < 1.29 is 48.0 Å². The summed E-state index contributed by atoms with van der Waals surface area (Å²) in [7, 11) is 0. The summed E-state index contributed by atoms with van der Waals surface area (Å²) in [4.78, 5) is 110. The topological polar surface area (TPSA) is 168 Å². The zero-order valence-corrected chi connectivity index (χ0v) is 19.5. The van der Waals surface area contributed by atoms with E-state index in [0.717, 1.165) is 0 Å². The molecule has 0 aromatic heterocycles. The van der Waals surface area contributed by atoms with E-state index < -0.39 is 59.5 Å². The van der Waals surface area contributed by atoms with Crippen LogP contribution in [0.25, 0.3) is 0 Å². The van der Waals surface area contributed by atoms with Gasteiger partial charge in [0.15, 0.2) is 0 Å². The summed E-state index contributed by atoms with van der Waals surface area (Å²) in [5, 5.41) is 0.849. The number of rotatable bonds is 7. The lowest BCUT2D eigenvalue weighted by molar-refractivity contribution is -0.201. The summed E-state index contributed by atoms with van der Waals surface area (Å²) in [6.45, 7) is 0.538. The van der Waals surface area contributed by atoms with E-state index in [1.807, 2.05) is 0 Å². The van der Waals surface area contributed by atoms with Gasteiger partial charge in [-0.2, -0.15) is 0 Å². The fourth-order valence-electron chi connectivity index (χ4n) is 4.76. The molecule has 0 spiro atoms.